The second-order valence-corrected chi connectivity index (χ2v) is 3.80. The lowest BCUT2D eigenvalue weighted by Gasteiger charge is -2.25. The zero-order valence-corrected chi connectivity index (χ0v) is 8.92. The van der Waals surface area contributed by atoms with Crippen molar-refractivity contribution in [1.82, 2.24) is 10.6 Å². The minimum absolute atomic E-state index is 0.0696. The third-order valence-corrected chi connectivity index (χ3v) is 2.75. The van der Waals surface area contributed by atoms with Crippen molar-refractivity contribution in [3.63, 3.8) is 0 Å². The molecule has 0 aliphatic carbocycles. The number of nitrogens with one attached hydrogen (secondary N) is 2. The molecule has 1 amide bonds. The largest absolute Gasteiger partial charge is 0.355 e. The van der Waals surface area contributed by atoms with E-state index in [1.165, 1.54) is 11.1 Å². The first-order valence-corrected chi connectivity index (χ1v) is 5.39. The van der Waals surface area contributed by atoms with Crippen LogP contribution in [0.4, 0.5) is 0 Å². The van der Waals surface area contributed by atoms with Crippen LogP contribution in [-0.2, 0) is 17.8 Å². The van der Waals surface area contributed by atoms with Gasteiger partial charge in [0.2, 0.25) is 5.91 Å². The second kappa shape index (κ2) is 4.45. The molecule has 2 N–H and O–H groups in total. The van der Waals surface area contributed by atoms with Gasteiger partial charge in [-0.15, -0.1) is 0 Å². The molecule has 1 aromatic carbocycles. The highest BCUT2D eigenvalue weighted by Crippen LogP contribution is 2.15. The number of benzene rings is 1. The fourth-order valence-electron chi connectivity index (χ4n) is 1.94. The van der Waals surface area contributed by atoms with E-state index in [2.05, 4.69) is 22.8 Å². The predicted octanol–water partition coefficient (Wildman–Crippen LogP) is 0.837. The summed E-state index contributed by atoms with van der Waals surface area (Å²) in [6.07, 6.45) is 0.794. The lowest BCUT2D eigenvalue weighted by molar-refractivity contribution is -0.123. The standard InChI is InChI=1S/C12H16N2O/c1-2-13-12(15)11-7-9-5-3-4-6-10(9)8-14-11/h3-6,11,14H,2,7-8H2,1H3,(H,13,15)/t11-/m1/s1. The van der Waals surface area contributed by atoms with Crippen molar-refractivity contribution in [2.24, 2.45) is 0 Å². The number of hydrogen-bond donors (Lipinski definition) is 2. The molecule has 0 saturated heterocycles. The van der Waals surface area contributed by atoms with Crippen molar-refractivity contribution in [1.29, 1.82) is 0 Å². The summed E-state index contributed by atoms with van der Waals surface area (Å²) in [5.41, 5.74) is 2.59. The van der Waals surface area contributed by atoms with E-state index in [1.807, 2.05) is 19.1 Å². The van der Waals surface area contributed by atoms with E-state index >= 15 is 0 Å². The van der Waals surface area contributed by atoms with Crippen LogP contribution in [0.1, 0.15) is 18.1 Å². The van der Waals surface area contributed by atoms with Gasteiger partial charge in [-0.1, -0.05) is 24.3 Å². The summed E-state index contributed by atoms with van der Waals surface area (Å²) in [7, 11) is 0. The Balaban J connectivity index is 2.08. The molecule has 0 spiro atoms. The molecule has 1 aliphatic rings. The van der Waals surface area contributed by atoms with Gasteiger partial charge in [-0.25, -0.2) is 0 Å². The van der Waals surface area contributed by atoms with Crippen LogP contribution in [-0.4, -0.2) is 18.5 Å². The topological polar surface area (TPSA) is 41.1 Å². The Bertz CT molecular complexity index is 362. The number of amides is 1. The number of fused-ring (bicyclic) bond motifs is 1. The number of likely N-dealkylation sites (N-methyl/N-ethyl adjacent to an activating group) is 1. The summed E-state index contributed by atoms with van der Waals surface area (Å²) in [5, 5.41) is 6.09. The Kier molecular flexibility index (Phi) is 3.02. The van der Waals surface area contributed by atoms with E-state index in [1.54, 1.807) is 0 Å². The highest BCUT2D eigenvalue weighted by Gasteiger charge is 2.22. The Morgan fingerprint density at radius 2 is 2.20 bits per heavy atom. The summed E-state index contributed by atoms with van der Waals surface area (Å²) in [6.45, 7) is 3.42. The summed E-state index contributed by atoms with van der Waals surface area (Å²) in [5.74, 6) is 0.104. The Morgan fingerprint density at radius 1 is 1.47 bits per heavy atom. The molecule has 0 radical (unpaired) electrons. The average molecular weight is 204 g/mol. The Morgan fingerprint density at radius 3 is 2.93 bits per heavy atom. The number of hydrogen-bond acceptors (Lipinski definition) is 2. The Hall–Kier alpha value is -1.35. The molecule has 1 heterocycles. The average Bonchev–Trinajstić information content (AvgIpc) is 2.29. The summed E-state index contributed by atoms with van der Waals surface area (Å²) < 4.78 is 0. The SMILES string of the molecule is CCNC(=O)[C@H]1Cc2ccccc2CN1. The van der Waals surface area contributed by atoms with Gasteiger partial charge >= 0.3 is 0 Å². The summed E-state index contributed by atoms with van der Waals surface area (Å²) in [6, 6.07) is 8.20. The normalized spacial score (nSPS) is 19.4. The minimum atomic E-state index is -0.0696. The quantitative estimate of drug-likeness (QED) is 0.749. The lowest BCUT2D eigenvalue weighted by atomic mass is 9.95. The van der Waals surface area contributed by atoms with Crippen LogP contribution in [0.15, 0.2) is 24.3 Å². The number of rotatable bonds is 2. The van der Waals surface area contributed by atoms with E-state index in [0.29, 0.717) is 6.54 Å². The van der Waals surface area contributed by atoms with Crippen LogP contribution in [0, 0.1) is 0 Å². The molecule has 3 nitrogen and oxygen atoms in total. The van der Waals surface area contributed by atoms with Gasteiger partial charge in [-0.05, 0) is 24.5 Å². The molecule has 0 saturated carbocycles. The molecule has 0 unspecified atom stereocenters. The fourth-order valence-corrected chi connectivity index (χ4v) is 1.94. The van der Waals surface area contributed by atoms with Crippen LogP contribution >= 0.6 is 0 Å². The maximum absolute atomic E-state index is 11.6. The molecule has 1 aromatic rings. The number of carbonyl (C=O) groups is 1. The summed E-state index contributed by atoms with van der Waals surface area (Å²) >= 11 is 0. The second-order valence-electron chi connectivity index (χ2n) is 3.80. The van der Waals surface area contributed by atoms with Crippen molar-refractivity contribution in [3.8, 4) is 0 Å². The van der Waals surface area contributed by atoms with Gasteiger partial charge in [0.15, 0.2) is 0 Å². The van der Waals surface area contributed by atoms with Crippen LogP contribution < -0.4 is 10.6 Å². The van der Waals surface area contributed by atoms with E-state index < -0.39 is 0 Å². The highest BCUT2D eigenvalue weighted by molar-refractivity contribution is 5.82. The molecular weight excluding hydrogens is 188 g/mol. The third kappa shape index (κ3) is 2.18. The van der Waals surface area contributed by atoms with Gasteiger partial charge in [0.25, 0.3) is 0 Å². The number of carbonyl (C=O) groups excluding carboxylic acids is 1. The maximum atomic E-state index is 11.6. The van der Waals surface area contributed by atoms with Crippen molar-refractivity contribution in [2.75, 3.05) is 6.54 Å². The zero-order chi connectivity index (χ0) is 10.7. The molecule has 2 rings (SSSR count). The van der Waals surface area contributed by atoms with Gasteiger partial charge in [0.05, 0.1) is 6.04 Å². The van der Waals surface area contributed by atoms with Gasteiger partial charge in [0.1, 0.15) is 0 Å². The van der Waals surface area contributed by atoms with Crippen LogP contribution in [0.3, 0.4) is 0 Å². The monoisotopic (exact) mass is 204 g/mol. The summed E-state index contributed by atoms with van der Waals surface area (Å²) in [4.78, 5) is 11.6. The van der Waals surface area contributed by atoms with Crippen molar-refractivity contribution in [2.45, 2.75) is 25.9 Å². The molecule has 0 bridgehead atoms. The van der Waals surface area contributed by atoms with Gasteiger partial charge in [-0.2, -0.15) is 0 Å². The van der Waals surface area contributed by atoms with Crippen molar-refractivity contribution in [3.05, 3.63) is 35.4 Å². The maximum Gasteiger partial charge on any atom is 0.237 e. The van der Waals surface area contributed by atoms with E-state index in [9.17, 15) is 4.79 Å². The van der Waals surface area contributed by atoms with Crippen LogP contribution in [0.25, 0.3) is 0 Å². The third-order valence-electron chi connectivity index (χ3n) is 2.75. The Labute approximate surface area is 89.9 Å². The van der Waals surface area contributed by atoms with Gasteiger partial charge in [-0.3, -0.25) is 4.79 Å². The molecule has 0 aromatic heterocycles. The predicted molar refractivity (Wildman–Crippen MR) is 59.5 cm³/mol. The van der Waals surface area contributed by atoms with Crippen molar-refractivity contribution >= 4 is 5.91 Å². The first-order valence-electron chi connectivity index (χ1n) is 5.39. The lowest BCUT2D eigenvalue weighted by Crippen LogP contribution is -2.47. The molecular formula is C12H16N2O. The van der Waals surface area contributed by atoms with Gasteiger partial charge < -0.3 is 10.6 Å². The first-order chi connectivity index (χ1) is 7.31. The molecule has 1 atom stereocenters. The minimum Gasteiger partial charge on any atom is -0.355 e. The van der Waals surface area contributed by atoms with Crippen LogP contribution in [0.5, 0.6) is 0 Å². The molecule has 1 aliphatic heterocycles. The molecule has 15 heavy (non-hydrogen) atoms. The van der Waals surface area contributed by atoms with Gasteiger partial charge in [0, 0.05) is 13.1 Å². The first kappa shape index (κ1) is 10.2. The van der Waals surface area contributed by atoms with E-state index in [0.717, 1.165) is 13.0 Å². The van der Waals surface area contributed by atoms with E-state index in [4.69, 9.17) is 0 Å². The zero-order valence-electron chi connectivity index (χ0n) is 8.92. The molecule has 80 valence electrons. The van der Waals surface area contributed by atoms with E-state index in [-0.39, 0.29) is 11.9 Å². The van der Waals surface area contributed by atoms with Crippen LogP contribution in [0.2, 0.25) is 0 Å². The fraction of sp³-hybridized carbons (Fsp3) is 0.417. The molecule has 3 heteroatoms. The van der Waals surface area contributed by atoms with Crippen molar-refractivity contribution < 1.29 is 4.79 Å². The smallest absolute Gasteiger partial charge is 0.237 e. The highest BCUT2D eigenvalue weighted by atomic mass is 16.2. The molecule has 0 fully saturated rings.